The van der Waals surface area contributed by atoms with Crippen LogP contribution in [0.25, 0.3) is 0 Å². The van der Waals surface area contributed by atoms with Gasteiger partial charge in [-0.2, -0.15) is 5.26 Å². The number of rotatable bonds is 6. The number of esters is 1. The first-order valence-electron chi connectivity index (χ1n) is 9.48. The van der Waals surface area contributed by atoms with Gasteiger partial charge in [0.1, 0.15) is 6.42 Å². The number of anilines is 1. The number of carbonyl (C=O) groups excluding carboxylic acids is 4. The Morgan fingerprint density at radius 2 is 1.79 bits per heavy atom. The summed E-state index contributed by atoms with van der Waals surface area (Å²) in [5.41, 5.74) is 0.599. The lowest BCUT2D eigenvalue weighted by Gasteiger charge is -2.23. The van der Waals surface area contributed by atoms with Gasteiger partial charge in [0.25, 0.3) is 5.91 Å². The van der Waals surface area contributed by atoms with Crippen LogP contribution in [0.3, 0.4) is 0 Å². The van der Waals surface area contributed by atoms with Crippen molar-refractivity contribution in [1.29, 1.82) is 5.26 Å². The van der Waals surface area contributed by atoms with Crippen LogP contribution in [-0.4, -0.2) is 36.0 Å². The number of benzene rings is 1. The quantitative estimate of drug-likeness (QED) is 0.626. The Kier molecular flexibility index (Phi) is 8.15. The molecule has 9 nitrogen and oxygen atoms in total. The molecule has 154 valence electrons. The molecule has 1 aliphatic rings. The fourth-order valence-electron chi connectivity index (χ4n) is 2.93. The third-order valence-electron chi connectivity index (χ3n) is 4.47. The maximum absolute atomic E-state index is 12.2. The molecule has 1 aliphatic carbocycles. The van der Waals surface area contributed by atoms with Crippen molar-refractivity contribution in [3.63, 3.8) is 0 Å². The molecule has 1 aromatic carbocycles. The highest BCUT2D eigenvalue weighted by Crippen LogP contribution is 2.17. The Balaban J connectivity index is 1.81. The van der Waals surface area contributed by atoms with Crippen LogP contribution in [0, 0.1) is 11.3 Å². The van der Waals surface area contributed by atoms with E-state index in [-0.39, 0.29) is 18.0 Å². The number of nitriles is 1. The molecule has 29 heavy (non-hydrogen) atoms. The van der Waals surface area contributed by atoms with Crippen molar-refractivity contribution < 1.29 is 23.9 Å². The van der Waals surface area contributed by atoms with Gasteiger partial charge in [0.15, 0.2) is 6.10 Å². The number of imide groups is 1. The van der Waals surface area contributed by atoms with Gasteiger partial charge in [-0.25, -0.2) is 9.59 Å². The summed E-state index contributed by atoms with van der Waals surface area (Å²) in [4.78, 5) is 47.5. The fraction of sp³-hybridized carbons (Fsp3) is 0.450. The van der Waals surface area contributed by atoms with Gasteiger partial charge >= 0.3 is 12.0 Å². The second kappa shape index (κ2) is 10.8. The predicted octanol–water partition coefficient (Wildman–Crippen LogP) is 2.24. The molecule has 2 rings (SSSR count). The second-order valence-electron chi connectivity index (χ2n) is 6.81. The standard InChI is InChI=1S/C20H24N4O5/c1-13(18(26)24-20(28)23-15-5-3-2-4-6-15)29-19(27)14-7-9-16(10-8-14)22-17(25)11-12-21/h7-10,13,15H,2-6,11H2,1H3,(H,22,25)(H2,23,24,26,28)/t13-/m0/s1. The zero-order valence-electron chi connectivity index (χ0n) is 16.2. The van der Waals surface area contributed by atoms with Crippen molar-refractivity contribution in [3.05, 3.63) is 29.8 Å². The number of hydrogen-bond donors (Lipinski definition) is 3. The number of nitrogens with one attached hydrogen (secondary N) is 3. The van der Waals surface area contributed by atoms with Crippen molar-refractivity contribution in [1.82, 2.24) is 10.6 Å². The van der Waals surface area contributed by atoms with Crippen molar-refractivity contribution in [2.75, 3.05) is 5.32 Å². The zero-order valence-corrected chi connectivity index (χ0v) is 16.2. The lowest BCUT2D eigenvalue weighted by atomic mass is 9.96. The van der Waals surface area contributed by atoms with Crippen LogP contribution in [0.2, 0.25) is 0 Å². The van der Waals surface area contributed by atoms with Crippen molar-refractivity contribution in [2.24, 2.45) is 0 Å². The van der Waals surface area contributed by atoms with E-state index in [0.717, 1.165) is 32.1 Å². The van der Waals surface area contributed by atoms with Gasteiger partial charge in [0.05, 0.1) is 11.6 Å². The molecule has 0 aliphatic heterocycles. The highest BCUT2D eigenvalue weighted by molar-refractivity contribution is 5.99. The fourth-order valence-corrected chi connectivity index (χ4v) is 2.93. The molecular formula is C20H24N4O5. The maximum atomic E-state index is 12.2. The van der Waals surface area contributed by atoms with Crippen LogP contribution in [0.1, 0.15) is 55.8 Å². The maximum Gasteiger partial charge on any atom is 0.338 e. The van der Waals surface area contributed by atoms with Gasteiger partial charge in [-0.3, -0.25) is 14.9 Å². The summed E-state index contributed by atoms with van der Waals surface area (Å²) in [6, 6.07) is 7.00. The van der Waals surface area contributed by atoms with Crippen LogP contribution in [-0.2, 0) is 14.3 Å². The SMILES string of the molecule is C[C@H](OC(=O)c1ccc(NC(=O)CC#N)cc1)C(=O)NC(=O)NC1CCCCC1. The van der Waals surface area contributed by atoms with Gasteiger partial charge < -0.3 is 15.4 Å². The average molecular weight is 400 g/mol. The molecule has 0 spiro atoms. The molecule has 0 unspecified atom stereocenters. The highest BCUT2D eigenvalue weighted by Gasteiger charge is 2.22. The number of urea groups is 1. The second-order valence-corrected chi connectivity index (χ2v) is 6.81. The Morgan fingerprint density at radius 1 is 1.14 bits per heavy atom. The summed E-state index contributed by atoms with van der Waals surface area (Å²) < 4.78 is 5.09. The molecule has 1 atom stereocenters. The van der Waals surface area contributed by atoms with E-state index in [1.165, 1.54) is 31.2 Å². The summed E-state index contributed by atoms with van der Waals surface area (Å²) in [7, 11) is 0. The van der Waals surface area contributed by atoms with Crippen LogP contribution in [0.5, 0.6) is 0 Å². The van der Waals surface area contributed by atoms with E-state index in [1.807, 2.05) is 0 Å². The Labute approximate surface area is 168 Å². The molecule has 0 bridgehead atoms. The van der Waals surface area contributed by atoms with E-state index < -0.39 is 29.9 Å². The smallest absolute Gasteiger partial charge is 0.338 e. The Morgan fingerprint density at radius 3 is 2.41 bits per heavy atom. The molecule has 1 fully saturated rings. The van der Waals surface area contributed by atoms with Gasteiger partial charge in [-0.15, -0.1) is 0 Å². The predicted molar refractivity (Wildman–Crippen MR) is 104 cm³/mol. The van der Waals surface area contributed by atoms with E-state index in [4.69, 9.17) is 10.00 Å². The van der Waals surface area contributed by atoms with Gasteiger partial charge in [-0.1, -0.05) is 19.3 Å². The molecule has 9 heteroatoms. The number of ether oxygens (including phenoxy) is 1. The lowest BCUT2D eigenvalue weighted by molar-refractivity contribution is -0.128. The largest absolute Gasteiger partial charge is 0.449 e. The first-order chi connectivity index (χ1) is 13.9. The summed E-state index contributed by atoms with van der Waals surface area (Å²) >= 11 is 0. The van der Waals surface area contributed by atoms with Crippen LogP contribution >= 0.6 is 0 Å². The molecule has 1 saturated carbocycles. The van der Waals surface area contributed by atoms with Crippen molar-refractivity contribution >= 4 is 29.5 Å². The van der Waals surface area contributed by atoms with Crippen LogP contribution in [0.15, 0.2) is 24.3 Å². The zero-order chi connectivity index (χ0) is 21.2. The number of hydrogen-bond acceptors (Lipinski definition) is 6. The van der Waals surface area contributed by atoms with E-state index in [9.17, 15) is 19.2 Å². The molecule has 0 saturated heterocycles. The molecular weight excluding hydrogens is 376 g/mol. The van der Waals surface area contributed by atoms with Gasteiger partial charge in [-0.05, 0) is 44.0 Å². The molecule has 3 N–H and O–H groups in total. The van der Waals surface area contributed by atoms with Crippen molar-refractivity contribution in [2.45, 2.75) is 57.6 Å². The topological polar surface area (TPSA) is 137 Å². The summed E-state index contributed by atoms with van der Waals surface area (Å²) in [5, 5.41) is 15.9. The number of nitrogens with zero attached hydrogens (tertiary/aromatic N) is 1. The van der Waals surface area contributed by atoms with E-state index in [1.54, 1.807) is 6.07 Å². The minimum Gasteiger partial charge on any atom is -0.449 e. The summed E-state index contributed by atoms with van der Waals surface area (Å²) in [5.74, 6) is -1.91. The third-order valence-corrected chi connectivity index (χ3v) is 4.47. The van der Waals surface area contributed by atoms with Gasteiger partial charge in [0.2, 0.25) is 5.91 Å². The molecule has 1 aromatic rings. The Bertz CT molecular complexity index is 794. The normalized spacial score (nSPS) is 14.8. The third kappa shape index (κ3) is 7.25. The average Bonchev–Trinajstić information content (AvgIpc) is 2.69. The minimum atomic E-state index is -1.16. The first kappa shape index (κ1) is 21.9. The van der Waals surface area contributed by atoms with Crippen LogP contribution in [0.4, 0.5) is 10.5 Å². The summed E-state index contributed by atoms with van der Waals surface area (Å²) in [6.07, 6.45) is 3.60. The summed E-state index contributed by atoms with van der Waals surface area (Å²) in [6.45, 7) is 1.37. The molecule has 0 radical (unpaired) electrons. The molecule has 0 heterocycles. The minimum absolute atomic E-state index is 0.0570. The van der Waals surface area contributed by atoms with E-state index >= 15 is 0 Å². The number of amides is 4. The van der Waals surface area contributed by atoms with E-state index in [0.29, 0.717) is 5.69 Å². The van der Waals surface area contributed by atoms with E-state index in [2.05, 4.69) is 16.0 Å². The Hall–Kier alpha value is -3.41. The number of carbonyl (C=O) groups is 4. The van der Waals surface area contributed by atoms with Crippen molar-refractivity contribution in [3.8, 4) is 6.07 Å². The molecule has 4 amide bonds. The first-order valence-corrected chi connectivity index (χ1v) is 9.48. The molecule has 0 aromatic heterocycles. The lowest BCUT2D eigenvalue weighted by Crippen LogP contribution is -2.48. The van der Waals surface area contributed by atoms with Gasteiger partial charge in [0, 0.05) is 11.7 Å². The highest BCUT2D eigenvalue weighted by atomic mass is 16.5. The monoisotopic (exact) mass is 400 g/mol. The van der Waals surface area contributed by atoms with Crippen LogP contribution < -0.4 is 16.0 Å².